The molecule has 1 fully saturated rings. The van der Waals surface area contributed by atoms with E-state index in [0.717, 1.165) is 42.1 Å². The van der Waals surface area contributed by atoms with Crippen molar-refractivity contribution in [3.63, 3.8) is 0 Å². The molecule has 1 saturated heterocycles. The molecule has 1 aromatic heterocycles. The molecule has 0 N–H and O–H groups in total. The third-order valence-corrected chi connectivity index (χ3v) is 6.89. The van der Waals surface area contributed by atoms with Crippen LogP contribution in [-0.2, 0) is 16.0 Å². The molecule has 0 radical (unpaired) electrons. The fourth-order valence-corrected chi connectivity index (χ4v) is 5.23. The lowest BCUT2D eigenvalue weighted by molar-refractivity contribution is -0.145. The van der Waals surface area contributed by atoms with Gasteiger partial charge in [-0.1, -0.05) is 24.3 Å². The third kappa shape index (κ3) is 3.85. The van der Waals surface area contributed by atoms with Gasteiger partial charge in [0.15, 0.2) is 0 Å². The Kier molecular flexibility index (Phi) is 5.26. The molecule has 5 rings (SSSR count). The first-order valence-electron chi connectivity index (χ1n) is 11.0. The van der Waals surface area contributed by atoms with Crippen molar-refractivity contribution in [1.82, 2.24) is 9.88 Å². The summed E-state index contributed by atoms with van der Waals surface area (Å²) in [6, 6.07) is 14.8. The number of pyridine rings is 1. The summed E-state index contributed by atoms with van der Waals surface area (Å²) in [5, 5.41) is 0.836. The average Bonchev–Trinajstić information content (AvgIpc) is 3.21. The Morgan fingerprint density at radius 2 is 1.81 bits per heavy atom. The molecule has 31 heavy (non-hydrogen) atoms. The lowest BCUT2D eigenvalue weighted by Crippen LogP contribution is -2.42. The zero-order chi connectivity index (χ0) is 21.4. The van der Waals surface area contributed by atoms with E-state index in [1.165, 1.54) is 23.3 Å². The first kappa shape index (κ1) is 19.9. The summed E-state index contributed by atoms with van der Waals surface area (Å²) in [5.41, 5.74) is 4.38. The van der Waals surface area contributed by atoms with Crippen LogP contribution in [0.1, 0.15) is 54.2 Å². The number of rotatable bonds is 4. The van der Waals surface area contributed by atoms with Crippen molar-refractivity contribution in [3.8, 4) is 0 Å². The second kappa shape index (κ2) is 8.22. The van der Waals surface area contributed by atoms with Gasteiger partial charge in [0, 0.05) is 31.1 Å². The van der Waals surface area contributed by atoms with Gasteiger partial charge in [0.05, 0.1) is 5.52 Å². The van der Waals surface area contributed by atoms with Crippen LogP contribution in [0, 0.1) is 5.82 Å². The van der Waals surface area contributed by atoms with Crippen LogP contribution >= 0.6 is 0 Å². The predicted molar refractivity (Wildman–Crippen MR) is 117 cm³/mol. The van der Waals surface area contributed by atoms with E-state index in [0.29, 0.717) is 19.5 Å². The largest absolute Gasteiger partial charge is 0.336 e. The van der Waals surface area contributed by atoms with E-state index in [1.54, 1.807) is 17.2 Å². The molecule has 158 valence electrons. The average molecular weight is 416 g/mol. The van der Waals surface area contributed by atoms with Gasteiger partial charge in [-0.25, -0.2) is 4.39 Å². The Labute approximate surface area is 181 Å². The van der Waals surface area contributed by atoms with Gasteiger partial charge < -0.3 is 4.90 Å². The van der Waals surface area contributed by atoms with E-state index in [2.05, 4.69) is 17.1 Å². The van der Waals surface area contributed by atoms with E-state index >= 15 is 0 Å². The molecule has 2 heterocycles. The molecular weight excluding hydrogens is 391 g/mol. The fourth-order valence-electron chi connectivity index (χ4n) is 5.23. The molecule has 4 nitrogen and oxygen atoms in total. The number of carbonyl (C=O) groups is 2. The van der Waals surface area contributed by atoms with Gasteiger partial charge in [-0.05, 0) is 78.5 Å². The van der Waals surface area contributed by atoms with E-state index in [9.17, 15) is 14.0 Å². The zero-order valence-corrected chi connectivity index (χ0v) is 17.4. The minimum absolute atomic E-state index is 0.156. The van der Waals surface area contributed by atoms with Crippen molar-refractivity contribution >= 4 is 22.6 Å². The first-order chi connectivity index (χ1) is 15.1. The summed E-state index contributed by atoms with van der Waals surface area (Å²) in [7, 11) is 0. The standard InChI is InChI=1S/C26H25FN2O2/c27-20-7-8-24-23(16-20)22(9-12-28-24)18-10-13-29(14-11-18)26(31)25(30)15-19-6-5-17-3-1-2-4-21(17)19/h1-4,7-9,12,16,18-19H,5-6,10-11,13-15H2/t19-/m1/s1. The number of piperidine rings is 1. The van der Waals surface area contributed by atoms with Crippen LogP contribution in [0.25, 0.3) is 10.9 Å². The summed E-state index contributed by atoms with van der Waals surface area (Å²) >= 11 is 0. The molecule has 1 amide bonds. The van der Waals surface area contributed by atoms with Gasteiger partial charge in [0.1, 0.15) is 5.82 Å². The van der Waals surface area contributed by atoms with Gasteiger partial charge in [-0.3, -0.25) is 14.6 Å². The number of ketones is 1. The summed E-state index contributed by atoms with van der Waals surface area (Å²) in [5.74, 6) is -0.519. The van der Waals surface area contributed by atoms with Gasteiger partial charge in [0.2, 0.25) is 5.78 Å². The Morgan fingerprint density at radius 1 is 1.00 bits per heavy atom. The lowest BCUT2D eigenvalue weighted by atomic mass is 9.87. The number of aromatic nitrogens is 1. The van der Waals surface area contributed by atoms with Crippen molar-refractivity contribution in [2.24, 2.45) is 0 Å². The van der Waals surface area contributed by atoms with Crippen LogP contribution in [0.15, 0.2) is 54.7 Å². The monoisotopic (exact) mass is 416 g/mol. The molecule has 0 unspecified atom stereocenters. The van der Waals surface area contributed by atoms with Crippen LogP contribution in [-0.4, -0.2) is 34.7 Å². The second-order valence-electron chi connectivity index (χ2n) is 8.69. The van der Waals surface area contributed by atoms with E-state index < -0.39 is 0 Å². The molecule has 2 aliphatic rings. The third-order valence-electron chi connectivity index (χ3n) is 6.89. The van der Waals surface area contributed by atoms with Crippen molar-refractivity contribution in [2.75, 3.05) is 13.1 Å². The predicted octanol–water partition coefficient (Wildman–Crippen LogP) is 4.77. The molecule has 0 bridgehead atoms. The number of Topliss-reactive ketones (excluding diaryl/α,β-unsaturated/α-hetero) is 1. The van der Waals surface area contributed by atoms with Crippen molar-refractivity contribution in [2.45, 2.75) is 43.9 Å². The molecule has 2 aromatic carbocycles. The smallest absolute Gasteiger partial charge is 0.289 e. The molecule has 1 aliphatic heterocycles. The number of hydrogen-bond acceptors (Lipinski definition) is 3. The van der Waals surface area contributed by atoms with Gasteiger partial charge in [0.25, 0.3) is 5.91 Å². The number of benzene rings is 2. The zero-order valence-electron chi connectivity index (χ0n) is 17.4. The van der Waals surface area contributed by atoms with Crippen LogP contribution in [0.5, 0.6) is 0 Å². The highest BCUT2D eigenvalue weighted by Gasteiger charge is 2.31. The van der Waals surface area contributed by atoms with Crippen molar-refractivity contribution < 1.29 is 14.0 Å². The van der Waals surface area contributed by atoms with Crippen LogP contribution in [0.2, 0.25) is 0 Å². The molecular formula is C26H25FN2O2. The van der Waals surface area contributed by atoms with Crippen LogP contribution in [0.3, 0.4) is 0 Å². The topological polar surface area (TPSA) is 50.3 Å². The van der Waals surface area contributed by atoms with Gasteiger partial charge in [-0.2, -0.15) is 0 Å². The summed E-state index contributed by atoms with van der Waals surface area (Å²) in [4.78, 5) is 31.6. The Hall–Kier alpha value is -3.08. The van der Waals surface area contributed by atoms with E-state index in [-0.39, 0.29) is 29.3 Å². The summed E-state index contributed by atoms with van der Waals surface area (Å²) in [6.45, 7) is 1.10. The maximum atomic E-state index is 13.8. The van der Waals surface area contributed by atoms with Gasteiger partial charge >= 0.3 is 0 Å². The SMILES string of the molecule is O=C(C[C@H]1CCc2ccccc21)C(=O)N1CCC(c2ccnc3ccc(F)cc23)CC1. The number of fused-ring (bicyclic) bond motifs is 2. The normalized spacial score (nSPS) is 18.9. The number of aryl methyl sites for hydroxylation is 1. The molecule has 5 heteroatoms. The number of hydrogen-bond donors (Lipinski definition) is 0. The maximum Gasteiger partial charge on any atom is 0.289 e. The molecule has 1 aliphatic carbocycles. The lowest BCUT2D eigenvalue weighted by Gasteiger charge is -2.32. The second-order valence-corrected chi connectivity index (χ2v) is 8.69. The van der Waals surface area contributed by atoms with Crippen molar-refractivity contribution in [1.29, 1.82) is 0 Å². The number of nitrogens with zero attached hydrogens (tertiary/aromatic N) is 2. The number of halogens is 1. The Bertz CT molecular complexity index is 1150. The van der Waals surface area contributed by atoms with E-state index in [1.807, 2.05) is 18.2 Å². The first-order valence-corrected chi connectivity index (χ1v) is 11.0. The number of amides is 1. The Balaban J connectivity index is 1.23. The molecule has 3 aromatic rings. The minimum Gasteiger partial charge on any atom is -0.336 e. The minimum atomic E-state index is -0.353. The number of carbonyl (C=O) groups excluding carboxylic acids is 2. The van der Waals surface area contributed by atoms with Gasteiger partial charge in [-0.15, -0.1) is 0 Å². The molecule has 0 spiro atoms. The highest BCUT2D eigenvalue weighted by atomic mass is 19.1. The van der Waals surface area contributed by atoms with Crippen LogP contribution in [0.4, 0.5) is 4.39 Å². The highest BCUT2D eigenvalue weighted by molar-refractivity contribution is 6.36. The molecule has 0 saturated carbocycles. The maximum absolute atomic E-state index is 13.8. The highest BCUT2D eigenvalue weighted by Crippen LogP contribution is 2.36. The van der Waals surface area contributed by atoms with Crippen LogP contribution < -0.4 is 0 Å². The number of likely N-dealkylation sites (tertiary alicyclic amines) is 1. The quantitative estimate of drug-likeness (QED) is 0.576. The Morgan fingerprint density at radius 3 is 2.65 bits per heavy atom. The van der Waals surface area contributed by atoms with E-state index in [4.69, 9.17) is 0 Å². The molecule has 1 atom stereocenters. The van der Waals surface area contributed by atoms with Crippen molar-refractivity contribution in [3.05, 3.63) is 77.2 Å². The fraction of sp³-hybridized carbons (Fsp3) is 0.346. The summed E-state index contributed by atoms with van der Waals surface area (Å²) < 4.78 is 13.8. The summed E-state index contributed by atoms with van der Waals surface area (Å²) in [6.07, 6.45) is 5.50.